The van der Waals surface area contributed by atoms with Crippen molar-refractivity contribution >= 4 is 29.2 Å². The van der Waals surface area contributed by atoms with Crippen molar-refractivity contribution in [2.75, 3.05) is 13.1 Å². The second-order valence-electron chi connectivity index (χ2n) is 8.13. The van der Waals surface area contributed by atoms with E-state index in [-0.39, 0.29) is 11.8 Å². The van der Waals surface area contributed by atoms with Crippen LogP contribution in [0.4, 0.5) is 0 Å². The van der Waals surface area contributed by atoms with E-state index >= 15 is 0 Å². The van der Waals surface area contributed by atoms with Gasteiger partial charge < -0.3 is 15.0 Å². The number of likely N-dealkylation sites (N-methyl/N-ethyl adjacent to an activating group) is 1. The maximum atomic E-state index is 13.2. The summed E-state index contributed by atoms with van der Waals surface area (Å²) in [6.07, 6.45) is 7.62. The molecule has 2 aromatic rings. The predicted octanol–water partition coefficient (Wildman–Crippen LogP) is 4.73. The zero-order chi connectivity index (χ0) is 23.0. The lowest BCUT2D eigenvalue weighted by atomic mass is 9.80. The highest BCUT2D eigenvalue weighted by Crippen LogP contribution is 2.30. The summed E-state index contributed by atoms with van der Waals surface area (Å²) in [5, 5.41) is 6.05. The number of nitrogens with one attached hydrogen (secondary N) is 1. The van der Waals surface area contributed by atoms with Crippen LogP contribution < -0.4 is 10.1 Å². The van der Waals surface area contributed by atoms with E-state index < -0.39 is 5.54 Å². The molecule has 1 aromatic carbocycles. The van der Waals surface area contributed by atoms with Gasteiger partial charge in [0.05, 0.1) is 10.7 Å². The van der Waals surface area contributed by atoms with E-state index in [1.165, 1.54) is 6.08 Å². The smallest absolute Gasteiger partial charge is 0.248 e. The number of carbonyl (C=O) groups is 2. The number of ether oxygens (including phenoxy) is 1. The summed E-state index contributed by atoms with van der Waals surface area (Å²) in [6.45, 7) is 7.58. The number of nitrogens with zero attached hydrogens (tertiary/aromatic N) is 2. The number of para-hydroxylation sites is 1. The van der Waals surface area contributed by atoms with Crippen molar-refractivity contribution in [2.24, 2.45) is 0 Å². The predicted molar refractivity (Wildman–Crippen MR) is 129 cm³/mol. The number of amides is 2. The SMILES string of the molecule is CCN(CC)C(=O)C1(NC(=O)C=Cc2ccccc2OCc2csc(C)n2)CCCCC1. The standard InChI is InChI=1S/C25H33N3O3S/c1-4-28(5-2)24(30)25(15-9-6-10-16-25)27-23(29)14-13-20-11-7-8-12-22(20)31-17-21-18-32-19(3)26-21/h7-8,11-14,18H,4-6,9-10,15-17H2,1-3H3,(H,27,29). The molecular weight excluding hydrogens is 422 g/mol. The monoisotopic (exact) mass is 455 g/mol. The fourth-order valence-corrected chi connectivity index (χ4v) is 4.78. The van der Waals surface area contributed by atoms with E-state index in [0.717, 1.165) is 35.5 Å². The quantitative estimate of drug-likeness (QED) is 0.555. The van der Waals surface area contributed by atoms with Gasteiger partial charge in [-0.05, 0) is 45.8 Å². The first-order chi connectivity index (χ1) is 15.5. The number of aromatic nitrogens is 1. The molecule has 0 bridgehead atoms. The van der Waals surface area contributed by atoms with Crippen LogP contribution in [0.1, 0.15) is 62.2 Å². The third kappa shape index (κ3) is 5.97. The highest BCUT2D eigenvalue weighted by atomic mass is 32.1. The molecule has 0 radical (unpaired) electrons. The minimum absolute atomic E-state index is 0.0336. The van der Waals surface area contributed by atoms with Crippen molar-refractivity contribution in [2.45, 2.75) is 65.0 Å². The number of thiazole rings is 1. The summed E-state index contributed by atoms with van der Waals surface area (Å²) in [6, 6.07) is 7.59. The van der Waals surface area contributed by atoms with Crippen molar-refractivity contribution in [1.82, 2.24) is 15.2 Å². The van der Waals surface area contributed by atoms with Crippen LogP contribution >= 0.6 is 11.3 Å². The molecule has 6 nitrogen and oxygen atoms in total. The van der Waals surface area contributed by atoms with E-state index in [1.807, 2.05) is 55.3 Å². The van der Waals surface area contributed by atoms with Crippen molar-refractivity contribution in [3.05, 3.63) is 52.0 Å². The Morgan fingerprint density at radius 1 is 1.19 bits per heavy atom. The molecule has 2 amide bonds. The van der Waals surface area contributed by atoms with Gasteiger partial charge in [0.1, 0.15) is 17.9 Å². The highest BCUT2D eigenvalue weighted by Gasteiger charge is 2.42. The van der Waals surface area contributed by atoms with Crippen molar-refractivity contribution < 1.29 is 14.3 Å². The molecule has 32 heavy (non-hydrogen) atoms. The molecular formula is C25H33N3O3S. The van der Waals surface area contributed by atoms with Crippen LogP contribution in [0.15, 0.2) is 35.7 Å². The molecule has 0 spiro atoms. The largest absolute Gasteiger partial charge is 0.487 e. The van der Waals surface area contributed by atoms with E-state index in [1.54, 1.807) is 17.4 Å². The Balaban J connectivity index is 1.70. The summed E-state index contributed by atoms with van der Waals surface area (Å²) in [5.74, 6) is 0.470. The normalized spacial score (nSPS) is 15.5. The second kappa shape index (κ2) is 11.3. The average molecular weight is 456 g/mol. The van der Waals surface area contributed by atoms with Gasteiger partial charge in [0, 0.05) is 30.1 Å². The lowest BCUT2D eigenvalue weighted by molar-refractivity contribution is -0.142. The van der Waals surface area contributed by atoms with E-state index in [4.69, 9.17) is 4.74 Å². The fraction of sp³-hybridized carbons (Fsp3) is 0.480. The minimum atomic E-state index is -0.801. The third-order valence-electron chi connectivity index (χ3n) is 5.91. The number of hydrogen-bond acceptors (Lipinski definition) is 5. The van der Waals surface area contributed by atoms with E-state index in [0.29, 0.717) is 38.3 Å². The Bertz CT molecular complexity index is 943. The second-order valence-corrected chi connectivity index (χ2v) is 9.19. The summed E-state index contributed by atoms with van der Waals surface area (Å²) in [4.78, 5) is 32.3. The Morgan fingerprint density at radius 2 is 1.91 bits per heavy atom. The van der Waals surface area contributed by atoms with Crippen LogP contribution in [0.2, 0.25) is 0 Å². The average Bonchev–Trinajstić information content (AvgIpc) is 3.23. The molecule has 1 saturated carbocycles. The molecule has 0 aliphatic heterocycles. The van der Waals surface area contributed by atoms with Crippen molar-refractivity contribution in [3.63, 3.8) is 0 Å². The number of benzene rings is 1. The van der Waals surface area contributed by atoms with Crippen molar-refractivity contribution in [1.29, 1.82) is 0 Å². The van der Waals surface area contributed by atoms with Crippen LogP contribution in [0.5, 0.6) is 5.75 Å². The molecule has 1 heterocycles. The van der Waals surface area contributed by atoms with Gasteiger partial charge in [-0.2, -0.15) is 0 Å². The lowest BCUT2D eigenvalue weighted by Gasteiger charge is -2.39. The lowest BCUT2D eigenvalue weighted by Crippen LogP contribution is -2.60. The molecule has 7 heteroatoms. The first-order valence-electron chi connectivity index (χ1n) is 11.4. The number of carbonyl (C=O) groups excluding carboxylic acids is 2. The zero-order valence-corrected chi connectivity index (χ0v) is 20.0. The Labute approximate surface area is 194 Å². The number of aryl methyl sites for hydroxylation is 1. The minimum Gasteiger partial charge on any atom is -0.487 e. The highest BCUT2D eigenvalue weighted by molar-refractivity contribution is 7.09. The molecule has 3 rings (SSSR count). The molecule has 0 atom stereocenters. The van der Waals surface area contributed by atoms with Gasteiger partial charge in [-0.15, -0.1) is 11.3 Å². The van der Waals surface area contributed by atoms with Gasteiger partial charge in [0.15, 0.2) is 0 Å². The Kier molecular flexibility index (Phi) is 8.45. The molecule has 1 aliphatic rings. The Hall–Kier alpha value is -2.67. The van der Waals surface area contributed by atoms with Gasteiger partial charge in [-0.25, -0.2) is 4.98 Å². The molecule has 0 saturated heterocycles. The summed E-state index contributed by atoms with van der Waals surface area (Å²) in [5.41, 5.74) is 0.894. The maximum absolute atomic E-state index is 13.2. The third-order valence-corrected chi connectivity index (χ3v) is 6.73. The van der Waals surface area contributed by atoms with E-state index in [2.05, 4.69) is 10.3 Å². The summed E-state index contributed by atoms with van der Waals surface area (Å²) >= 11 is 1.59. The fourth-order valence-electron chi connectivity index (χ4n) is 4.18. The topological polar surface area (TPSA) is 71.5 Å². The number of hydrogen-bond donors (Lipinski definition) is 1. The molecule has 172 valence electrons. The Morgan fingerprint density at radius 3 is 2.56 bits per heavy atom. The molecule has 1 aromatic heterocycles. The van der Waals surface area contributed by atoms with Crippen LogP contribution in [-0.2, 0) is 16.2 Å². The van der Waals surface area contributed by atoms with Gasteiger partial charge in [0.2, 0.25) is 11.8 Å². The van der Waals surface area contributed by atoms with Gasteiger partial charge in [-0.1, -0.05) is 37.5 Å². The zero-order valence-electron chi connectivity index (χ0n) is 19.2. The first kappa shape index (κ1) is 24.0. The van der Waals surface area contributed by atoms with Crippen LogP contribution in [-0.4, -0.2) is 40.3 Å². The molecule has 1 N–H and O–H groups in total. The van der Waals surface area contributed by atoms with Crippen molar-refractivity contribution in [3.8, 4) is 5.75 Å². The van der Waals surface area contributed by atoms with Gasteiger partial charge >= 0.3 is 0 Å². The number of rotatable bonds is 9. The summed E-state index contributed by atoms with van der Waals surface area (Å²) < 4.78 is 5.94. The first-order valence-corrected chi connectivity index (χ1v) is 12.3. The molecule has 1 aliphatic carbocycles. The van der Waals surface area contributed by atoms with Gasteiger partial charge in [0.25, 0.3) is 0 Å². The molecule has 0 unspecified atom stereocenters. The van der Waals surface area contributed by atoms with Crippen LogP contribution in [0.3, 0.4) is 0 Å². The van der Waals surface area contributed by atoms with E-state index in [9.17, 15) is 9.59 Å². The van der Waals surface area contributed by atoms with Crippen LogP contribution in [0, 0.1) is 6.92 Å². The maximum Gasteiger partial charge on any atom is 0.248 e. The summed E-state index contributed by atoms with van der Waals surface area (Å²) in [7, 11) is 0. The van der Waals surface area contributed by atoms with Gasteiger partial charge in [-0.3, -0.25) is 9.59 Å². The van der Waals surface area contributed by atoms with Crippen LogP contribution in [0.25, 0.3) is 6.08 Å². The molecule has 1 fully saturated rings.